The second-order valence-electron chi connectivity index (χ2n) is 9.52. The monoisotopic (exact) mass is 566 g/mol. The van der Waals surface area contributed by atoms with Gasteiger partial charge in [0.15, 0.2) is 8.07 Å². The van der Waals surface area contributed by atoms with Crippen LogP contribution in [0.25, 0.3) is 22.3 Å². The predicted octanol–water partition coefficient (Wildman–Crippen LogP) is 7.16. The maximum absolute atomic E-state index is 3.80. The Kier molecular flexibility index (Phi) is 6.91. The van der Waals surface area contributed by atoms with E-state index in [1.165, 1.54) is 43.0 Å². The lowest BCUT2D eigenvalue weighted by atomic mass is 10.1. The minimum absolute atomic E-state index is 1.10. The molecule has 0 fully saturated rings. The molecule has 0 spiro atoms. The molecule has 0 radical (unpaired) electrons. The fourth-order valence-electron chi connectivity index (χ4n) is 5.54. The maximum Gasteiger partial charge on any atom is 0.179 e. The van der Waals surface area contributed by atoms with E-state index in [0.29, 0.717) is 0 Å². The Hall–Kier alpha value is -3.98. The van der Waals surface area contributed by atoms with Gasteiger partial charge in [0.05, 0.1) is 0 Å². The summed E-state index contributed by atoms with van der Waals surface area (Å²) in [6.07, 6.45) is 0. The molecule has 0 nitrogen and oxygen atoms in total. The molecule has 182 valence electrons. The van der Waals surface area contributed by atoms with E-state index in [4.69, 9.17) is 0 Å². The van der Waals surface area contributed by atoms with Gasteiger partial charge in [0.2, 0.25) is 0 Å². The summed E-state index contributed by atoms with van der Waals surface area (Å²) in [5.41, 5.74) is 4.95. The molecule has 0 unspecified atom stereocenters. The van der Waals surface area contributed by atoms with Crippen molar-refractivity contribution < 1.29 is 0 Å². The summed E-state index contributed by atoms with van der Waals surface area (Å²) in [6, 6.07) is 59.8. The summed E-state index contributed by atoms with van der Waals surface area (Å²) >= 11 is 3.80. The zero-order valence-electron chi connectivity index (χ0n) is 21.0. The number of hydrogen-bond donors (Lipinski definition) is 0. The minimum Gasteiger partial charge on any atom is -0.0623 e. The van der Waals surface area contributed by atoms with Crippen LogP contribution in [0.5, 0.6) is 0 Å². The lowest BCUT2D eigenvalue weighted by molar-refractivity contribution is 1.61. The Balaban J connectivity index is 1.69. The summed E-state index contributed by atoms with van der Waals surface area (Å²) in [4.78, 5) is 0. The zero-order chi connectivity index (χ0) is 25.8. The van der Waals surface area contributed by atoms with Crippen molar-refractivity contribution in [2.45, 2.75) is 0 Å². The molecule has 6 aromatic carbocycles. The molecule has 0 N–H and O–H groups in total. The molecule has 0 aromatic heterocycles. The van der Waals surface area contributed by atoms with Crippen LogP contribution in [0.4, 0.5) is 0 Å². The normalized spacial score (nSPS) is 11.3. The van der Waals surface area contributed by atoms with Gasteiger partial charge in [-0.2, -0.15) is 0 Å². The van der Waals surface area contributed by atoms with Gasteiger partial charge < -0.3 is 0 Å². The van der Waals surface area contributed by atoms with Crippen molar-refractivity contribution in [1.29, 1.82) is 0 Å². The lowest BCUT2D eigenvalue weighted by Crippen LogP contribution is -2.74. The molecule has 2 heteroatoms. The van der Waals surface area contributed by atoms with Crippen LogP contribution in [0.2, 0.25) is 0 Å². The number of halogens is 1. The van der Waals surface area contributed by atoms with E-state index >= 15 is 0 Å². The first-order chi connectivity index (χ1) is 18.7. The van der Waals surface area contributed by atoms with Crippen LogP contribution >= 0.6 is 15.9 Å². The first-order valence-corrected chi connectivity index (χ1v) is 15.7. The van der Waals surface area contributed by atoms with Gasteiger partial charge in [-0.25, -0.2) is 0 Å². The average molecular weight is 568 g/mol. The second-order valence-corrected chi connectivity index (χ2v) is 14.2. The van der Waals surface area contributed by atoms with E-state index < -0.39 is 8.07 Å². The third kappa shape index (κ3) is 4.58. The Bertz CT molecular complexity index is 1580. The Morgan fingerprint density at radius 3 is 1.16 bits per heavy atom. The van der Waals surface area contributed by atoms with Crippen molar-refractivity contribution in [3.63, 3.8) is 0 Å². The summed E-state index contributed by atoms with van der Waals surface area (Å²) in [7, 11) is -2.69. The predicted molar refractivity (Wildman–Crippen MR) is 169 cm³/mol. The van der Waals surface area contributed by atoms with Crippen molar-refractivity contribution >= 4 is 44.8 Å². The molecule has 38 heavy (non-hydrogen) atoms. The zero-order valence-corrected chi connectivity index (χ0v) is 23.6. The van der Waals surface area contributed by atoms with Crippen LogP contribution < -0.4 is 20.7 Å². The first-order valence-electron chi connectivity index (χ1n) is 12.9. The van der Waals surface area contributed by atoms with Crippen LogP contribution in [0.3, 0.4) is 0 Å². The van der Waals surface area contributed by atoms with Gasteiger partial charge in [-0.15, -0.1) is 0 Å². The quantitative estimate of drug-likeness (QED) is 0.148. The third-order valence-corrected chi connectivity index (χ3v) is 12.5. The van der Waals surface area contributed by atoms with E-state index in [9.17, 15) is 0 Å². The number of rotatable bonds is 6. The molecule has 0 amide bonds. The van der Waals surface area contributed by atoms with Crippen molar-refractivity contribution in [3.8, 4) is 22.3 Å². The largest absolute Gasteiger partial charge is 0.179 e. The fraction of sp³-hybridized carbons (Fsp3) is 0. The van der Waals surface area contributed by atoms with Crippen molar-refractivity contribution in [2.75, 3.05) is 0 Å². The van der Waals surface area contributed by atoms with Gasteiger partial charge >= 0.3 is 0 Å². The van der Waals surface area contributed by atoms with Crippen LogP contribution in [0.15, 0.2) is 168 Å². The summed E-state index contributed by atoms with van der Waals surface area (Å²) in [5, 5.41) is 5.46. The van der Waals surface area contributed by atoms with E-state index in [0.717, 1.165) is 4.47 Å². The highest BCUT2D eigenvalue weighted by molar-refractivity contribution is 9.10. The van der Waals surface area contributed by atoms with Crippen molar-refractivity contribution in [2.24, 2.45) is 0 Å². The Morgan fingerprint density at radius 1 is 0.316 bits per heavy atom. The molecule has 0 saturated heterocycles. The molecular weight excluding hydrogens is 540 g/mol. The SMILES string of the molecule is Brc1cccc([Si](c2ccccc2)(c2cccc(-c3ccccc3)c2)c2cccc(-c3ccccc3)c2)c1. The topological polar surface area (TPSA) is 0 Å². The van der Waals surface area contributed by atoms with Crippen LogP contribution in [-0.4, -0.2) is 8.07 Å². The number of benzene rings is 6. The molecule has 0 bridgehead atoms. The second kappa shape index (κ2) is 10.8. The average Bonchev–Trinajstić information content (AvgIpc) is 3.00. The molecule has 0 aliphatic rings. The molecule has 0 saturated carbocycles. The van der Waals surface area contributed by atoms with E-state index in [-0.39, 0.29) is 0 Å². The molecule has 0 atom stereocenters. The van der Waals surface area contributed by atoms with Crippen molar-refractivity contribution in [1.82, 2.24) is 0 Å². The molecule has 0 aliphatic carbocycles. The highest BCUT2D eigenvalue weighted by Crippen LogP contribution is 2.22. The molecule has 0 heterocycles. The van der Waals surface area contributed by atoms with Crippen molar-refractivity contribution in [3.05, 3.63) is 168 Å². The molecule has 6 rings (SSSR count). The van der Waals surface area contributed by atoms with Gasteiger partial charge in [0.1, 0.15) is 0 Å². The third-order valence-electron chi connectivity index (χ3n) is 7.27. The van der Waals surface area contributed by atoms with Gasteiger partial charge in [-0.3, -0.25) is 0 Å². The summed E-state index contributed by atoms with van der Waals surface area (Å²) in [6.45, 7) is 0. The van der Waals surface area contributed by atoms with Crippen LogP contribution in [-0.2, 0) is 0 Å². The number of hydrogen-bond acceptors (Lipinski definition) is 0. The van der Waals surface area contributed by atoms with Crippen LogP contribution in [0.1, 0.15) is 0 Å². The minimum atomic E-state index is -2.69. The highest BCUT2D eigenvalue weighted by Gasteiger charge is 2.41. The van der Waals surface area contributed by atoms with Gasteiger partial charge in [0.25, 0.3) is 0 Å². The molecular formula is C36H27BrSi. The van der Waals surface area contributed by atoms with Gasteiger partial charge in [-0.1, -0.05) is 168 Å². The Morgan fingerprint density at radius 2 is 0.684 bits per heavy atom. The van der Waals surface area contributed by atoms with E-state index in [1.807, 2.05) is 0 Å². The smallest absolute Gasteiger partial charge is 0.0623 e. The molecule has 0 aliphatic heterocycles. The van der Waals surface area contributed by atoms with Gasteiger partial charge in [-0.05, 0) is 55.1 Å². The van der Waals surface area contributed by atoms with E-state index in [1.54, 1.807) is 0 Å². The molecule has 6 aromatic rings. The van der Waals surface area contributed by atoms with E-state index in [2.05, 4.69) is 180 Å². The highest BCUT2D eigenvalue weighted by atomic mass is 79.9. The first kappa shape index (κ1) is 24.4. The maximum atomic E-state index is 3.80. The summed E-state index contributed by atoms with van der Waals surface area (Å²) in [5.74, 6) is 0. The standard InChI is InChI=1S/C36H27BrSi/c37-32-19-12-24-36(27-32)38(33-20-8-3-9-21-33,34-22-10-17-30(25-34)28-13-4-1-5-14-28)35-23-11-18-31(26-35)29-15-6-2-7-16-29/h1-27H. The summed E-state index contributed by atoms with van der Waals surface area (Å²) < 4.78 is 1.10. The lowest BCUT2D eigenvalue weighted by Gasteiger charge is -2.35. The van der Waals surface area contributed by atoms with Crippen LogP contribution in [0, 0.1) is 0 Å². The fourth-order valence-corrected chi connectivity index (χ4v) is 11.0. The Labute approximate surface area is 234 Å². The van der Waals surface area contributed by atoms with Gasteiger partial charge in [0, 0.05) is 4.47 Å².